The summed E-state index contributed by atoms with van der Waals surface area (Å²) < 4.78 is 5.15. The van der Waals surface area contributed by atoms with Gasteiger partial charge in [0, 0.05) is 30.5 Å². The van der Waals surface area contributed by atoms with Crippen LogP contribution >= 0.6 is 0 Å². The van der Waals surface area contributed by atoms with E-state index in [1.165, 1.54) is 0 Å². The summed E-state index contributed by atoms with van der Waals surface area (Å²) in [5.74, 6) is 0.501. The van der Waals surface area contributed by atoms with Gasteiger partial charge in [0.05, 0.1) is 12.8 Å². The largest absolute Gasteiger partial charge is 0.497 e. The number of rotatable bonds is 4. The molecule has 2 amide bonds. The molecule has 7 nitrogen and oxygen atoms in total. The Balaban J connectivity index is 1.43. The molecule has 0 bridgehead atoms. The Labute approximate surface area is 162 Å². The zero-order chi connectivity index (χ0) is 19.5. The minimum absolute atomic E-state index is 0.0627. The molecule has 1 fully saturated rings. The van der Waals surface area contributed by atoms with Crippen LogP contribution in [-0.2, 0) is 4.79 Å². The molecule has 1 aliphatic rings. The number of benzene rings is 2. The van der Waals surface area contributed by atoms with E-state index >= 15 is 0 Å². The van der Waals surface area contributed by atoms with Crippen molar-refractivity contribution in [2.45, 2.75) is 0 Å². The quantitative estimate of drug-likeness (QED) is 0.759. The van der Waals surface area contributed by atoms with Gasteiger partial charge in [0.25, 0.3) is 5.91 Å². The number of methoxy groups -OCH3 is 1. The van der Waals surface area contributed by atoms with Gasteiger partial charge in [-0.25, -0.2) is 0 Å². The molecule has 0 radical (unpaired) electrons. The Kier molecular flexibility index (Phi) is 4.80. The fourth-order valence-corrected chi connectivity index (χ4v) is 3.27. The van der Waals surface area contributed by atoms with E-state index in [0.29, 0.717) is 18.7 Å². The highest BCUT2D eigenvalue weighted by molar-refractivity contribution is 6.01. The van der Waals surface area contributed by atoms with E-state index in [1.54, 1.807) is 35.2 Å². The maximum absolute atomic E-state index is 12.8. The molecule has 1 saturated heterocycles. The van der Waals surface area contributed by atoms with Crippen molar-refractivity contribution in [1.29, 1.82) is 0 Å². The van der Waals surface area contributed by atoms with Crippen molar-refractivity contribution >= 4 is 17.5 Å². The first kappa shape index (κ1) is 17.8. The maximum Gasteiger partial charge on any atom is 0.254 e. The van der Waals surface area contributed by atoms with E-state index in [1.807, 2.05) is 42.5 Å². The van der Waals surface area contributed by atoms with Gasteiger partial charge >= 0.3 is 0 Å². The summed E-state index contributed by atoms with van der Waals surface area (Å²) in [7, 11) is 1.60. The van der Waals surface area contributed by atoms with Crippen LogP contribution in [0.5, 0.6) is 5.75 Å². The van der Waals surface area contributed by atoms with Gasteiger partial charge in [-0.15, -0.1) is 0 Å². The SMILES string of the molecule is COc1ccc(N2CCN(C(=O)c3ccc(-c4ccn[nH]4)cc3)CC2=O)cc1. The molecule has 3 aromatic rings. The van der Waals surface area contributed by atoms with Crippen LogP contribution in [0.25, 0.3) is 11.3 Å². The second-order valence-corrected chi connectivity index (χ2v) is 6.52. The standard InChI is InChI=1S/C21H20N4O3/c1-28-18-8-6-17(7-9-18)25-13-12-24(14-20(25)26)21(27)16-4-2-15(3-5-16)19-10-11-22-23-19/h2-11H,12-14H2,1H3,(H,22,23). The van der Waals surface area contributed by atoms with Crippen molar-refractivity contribution in [2.75, 3.05) is 31.6 Å². The van der Waals surface area contributed by atoms with Gasteiger partial charge in [-0.1, -0.05) is 12.1 Å². The van der Waals surface area contributed by atoms with Gasteiger partial charge < -0.3 is 14.5 Å². The number of nitrogens with one attached hydrogen (secondary N) is 1. The summed E-state index contributed by atoms with van der Waals surface area (Å²) in [4.78, 5) is 28.7. The number of ether oxygens (including phenoxy) is 1. The van der Waals surface area contributed by atoms with Gasteiger partial charge in [0.1, 0.15) is 12.3 Å². The van der Waals surface area contributed by atoms with Gasteiger partial charge in [-0.2, -0.15) is 5.10 Å². The zero-order valence-electron chi connectivity index (χ0n) is 15.5. The van der Waals surface area contributed by atoms with Crippen LogP contribution in [0, 0.1) is 0 Å². The van der Waals surface area contributed by atoms with Gasteiger partial charge in [0.2, 0.25) is 5.91 Å². The number of carbonyl (C=O) groups is 2. The first-order valence-electron chi connectivity index (χ1n) is 8.99. The van der Waals surface area contributed by atoms with E-state index in [9.17, 15) is 9.59 Å². The number of aromatic amines is 1. The zero-order valence-corrected chi connectivity index (χ0v) is 15.5. The highest BCUT2D eigenvalue weighted by Gasteiger charge is 2.28. The summed E-state index contributed by atoms with van der Waals surface area (Å²) in [6, 6.07) is 16.5. The molecule has 0 spiro atoms. The topological polar surface area (TPSA) is 78.5 Å². The van der Waals surface area contributed by atoms with Crippen molar-refractivity contribution in [3.63, 3.8) is 0 Å². The molecule has 1 aromatic heterocycles. The van der Waals surface area contributed by atoms with Crippen LogP contribution in [0.2, 0.25) is 0 Å². The monoisotopic (exact) mass is 376 g/mol. The fraction of sp³-hybridized carbons (Fsp3) is 0.190. The Morgan fingerprint density at radius 3 is 2.39 bits per heavy atom. The highest BCUT2D eigenvalue weighted by atomic mass is 16.5. The second-order valence-electron chi connectivity index (χ2n) is 6.52. The Bertz CT molecular complexity index is 966. The summed E-state index contributed by atoms with van der Waals surface area (Å²) in [5.41, 5.74) is 3.22. The molecule has 1 N–H and O–H groups in total. The summed E-state index contributed by atoms with van der Waals surface area (Å²) in [5, 5.41) is 6.83. The first-order chi connectivity index (χ1) is 13.7. The Morgan fingerprint density at radius 1 is 1.04 bits per heavy atom. The van der Waals surface area contributed by atoms with Crippen molar-refractivity contribution in [3.8, 4) is 17.0 Å². The Hall–Kier alpha value is -3.61. The molecule has 7 heteroatoms. The number of H-pyrrole nitrogens is 1. The van der Waals surface area contributed by atoms with E-state index in [2.05, 4.69) is 10.2 Å². The van der Waals surface area contributed by atoms with E-state index in [0.717, 1.165) is 22.7 Å². The summed E-state index contributed by atoms with van der Waals surface area (Å²) in [6.45, 7) is 1.01. The van der Waals surface area contributed by atoms with Crippen LogP contribution in [-0.4, -0.2) is 53.7 Å². The van der Waals surface area contributed by atoms with Crippen LogP contribution in [0.1, 0.15) is 10.4 Å². The number of amides is 2. The number of aromatic nitrogens is 2. The number of piperazine rings is 1. The number of hydrogen-bond donors (Lipinski definition) is 1. The third-order valence-electron chi connectivity index (χ3n) is 4.84. The lowest BCUT2D eigenvalue weighted by molar-refractivity contribution is -0.120. The number of hydrogen-bond acceptors (Lipinski definition) is 4. The molecular weight excluding hydrogens is 356 g/mol. The molecule has 0 atom stereocenters. The maximum atomic E-state index is 12.8. The predicted molar refractivity (Wildman–Crippen MR) is 105 cm³/mol. The van der Waals surface area contributed by atoms with Crippen LogP contribution in [0.4, 0.5) is 5.69 Å². The lowest BCUT2D eigenvalue weighted by atomic mass is 10.1. The molecule has 2 aromatic carbocycles. The fourth-order valence-electron chi connectivity index (χ4n) is 3.27. The lowest BCUT2D eigenvalue weighted by Crippen LogP contribution is -2.52. The van der Waals surface area contributed by atoms with Crippen molar-refractivity contribution in [3.05, 3.63) is 66.4 Å². The van der Waals surface area contributed by atoms with Crippen molar-refractivity contribution in [2.24, 2.45) is 0 Å². The molecular formula is C21H20N4O3. The van der Waals surface area contributed by atoms with Gasteiger partial charge in [-0.05, 0) is 48.0 Å². The minimum Gasteiger partial charge on any atom is -0.497 e. The smallest absolute Gasteiger partial charge is 0.254 e. The average molecular weight is 376 g/mol. The van der Waals surface area contributed by atoms with E-state index in [-0.39, 0.29) is 18.4 Å². The summed E-state index contributed by atoms with van der Waals surface area (Å²) in [6.07, 6.45) is 1.68. The number of carbonyl (C=O) groups excluding carboxylic acids is 2. The normalized spacial score (nSPS) is 14.2. The average Bonchev–Trinajstić information content (AvgIpc) is 3.28. The lowest BCUT2D eigenvalue weighted by Gasteiger charge is -2.34. The van der Waals surface area contributed by atoms with E-state index < -0.39 is 0 Å². The Morgan fingerprint density at radius 2 is 1.79 bits per heavy atom. The third kappa shape index (κ3) is 3.46. The first-order valence-corrected chi connectivity index (χ1v) is 8.99. The minimum atomic E-state index is -0.140. The van der Waals surface area contributed by atoms with Gasteiger partial charge in [0.15, 0.2) is 0 Å². The van der Waals surface area contributed by atoms with Gasteiger partial charge in [-0.3, -0.25) is 14.7 Å². The molecule has 142 valence electrons. The molecule has 1 aliphatic heterocycles. The summed E-state index contributed by atoms with van der Waals surface area (Å²) >= 11 is 0. The van der Waals surface area contributed by atoms with E-state index in [4.69, 9.17) is 4.74 Å². The third-order valence-corrected chi connectivity index (χ3v) is 4.84. The molecule has 2 heterocycles. The van der Waals surface area contributed by atoms with Crippen LogP contribution < -0.4 is 9.64 Å². The number of nitrogens with zero attached hydrogens (tertiary/aromatic N) is 3. The number of anilines is 1. The molecule has 0 unspecified atom stereocenters. The van der Waals surface area contributed by atoms with Crippen molar-refractivity contribution in [1.82, 2.24) is 15.1 Å². The second kappa shape index (κ2) is 7.56. The van der Waals surface area contributed by atoms with Crippen LogP contribution in [0.15, 0.2) is 60.8 Å². The molecule has 0 saturated carbocycles. The van der Waals surface area contributed by atoms with Crippen molar-refractivity contribution < 1.29 is 14.3 Å². The molecule has 28 heavy (non-hydrogen) atoms. The van der Waals surface area contributed by atoms with Crippen LogP contribution in [0.3, 0.4) is 0 Å². The highest BCUT2D eigenvalue weighted by Crippen LogP contribution is 2.22. The molecule has 0 aliphatic carbocycles. The predicted octanol–water partition coefficient (Wildman–Crippen LogP) is 2.57. The molecule has 4 rings (SSSR count).